The van der Waals surface area contributed by atoms with Crippen molar-refractivity contribution in [2.45, 2.75) is 171 Å². The van der Waals surface area contributed by atoms with Gasteiger partial charge in [0.1, 0.15) is 5.60 Å². The van der Waals surface area contributed by atoms with E-state index in [4.69, 9.17) is 4.74 Å². The molecule has 0 unspecified atom stereocenters. The Morgan fingerprint density at radius 1 is 0.581 bits per heavy atom. The minimum absolute atomic E-state index is 0.131. The Hall–Kier alpha value is -1.93. The van der Waals surface area contributed by atoms with Gasteiger partial charge in [-0.05, 0) is 158 Å². The van der Waals surface area contributed by atoms with Crippen molar-refractivity contribution in [2.24, 2.45) is 5.92 Å². The summed E-state index contributed by atoms with van der Waals surface area (Å²) in [5.74, 6) is 0.931. The summed E-state index contributed by atoms with van der Waals surface area (Å²) in [4.78, 5) is 12.2. The second kappa shape index (κ2) is 24.4. The number of unbranched alkanes of at least 4 members (excludes halogenated alkanes) is 1. The first-order chi connectivity index (χ1) is 20.3. The summed E-state index contributed by atoms with van der Waals surface area (Å²) in [6.45, 7) is 21.7. The highest BCUT2D eigenvalue weighted by atomic mass is 16.5. The summed E-state index contributed by atoms with van der Waals surface area (Å²) in [5.41, 5.74) is 8.11. The van der Waals surface area contributed by atoms with Gasteiger partial charge in [0.05, 0.1) is 0 Å². The zero-order valence-corrected chi connectivity index (χ0v) is 30.5. The van der Waals surface area contributed by atoms with Crippen LogP contribution in [-0.2, 0) is 9.53 Å². The van der Waals surface area contributed by atoms with Crippen molar-refractivity contribution in [2.75, 3.05) is 7.11 Å². The number of Topliss-reactive ketones (excluding diaryl/α,β-unsaturated/α-hetero) is 1. The second-order valence-corrected chi connectivity index (χ2v) is 14.0. The Balaban J connectivity index is 4.10. The first kappa shape index (κ1) is 41.1. The van der Waals surface area contributed by atoms with E-state index in [1.165, 1.54) is 86.5 Å². The molecule has 1 atom stereocenters. The molecule has 0 N–H and O–H groups in total. The Labute approximate surface area is 268 Å². The molecule has 2 heteroatoms. The Kier molecular flexibility index (Phi) is 23.3. The zero-order chi connectivity index (χ0) is 32.7. The first-order valence-electron chi connectivity index (χ1n) is 17.3. The van der Waals surface area contributed by atoms with Crippen molar-refractivity contribution in [3.63, 3.8) is 0 Å². The van der Waals surface area contributed by atoms with Crippen LogP contribution in [0.5, 0.6) is 0 Å². The van der Waals surface area contributed by atoms with Crippen molar-refractivity contribution < 1.29 is 9.53 Å². The number of methoxy groups -OCH3 is 1. The molecule has 0 aromatic rings. The number of carbonyl (C=O) groups excluding carboxylic acids is 1. The second-order valence-electron chi connectivity index (χ2n) is 14.0. The molecule has 43 heavy (non-hydrogen) atoms. The van der Waals surface area contributed by atoms with Gasteiger partial charge in [0, 0.05) is 13.5 Å². The summed E-state index contributed by atoms with van der Waals surface area (Å²) >= 11 is 0. The Morgan fingerprint density at radius 3 is 1.37 bits per heavy atom. The average molecular weight is 595 g/mol. The predicted molar refractivity (Wildman–Crippen MR) is 193 cm³/mol. The van der Waals surface area contributed by atoms with Crippen LogP contribution in [-0.4, -0.2) is 18.5 Å². The molecule has 0 heterocycles. The van der Waals surface area contributed by atoms with E-state index in [1.807, 2.05) is 13.8 Å². The SMILES string of the molecule is COC(C)(C)C(=O)C/C=C(\C)CC/C=C(\C)CC/C=C(\C)CCCC/C(C)=C/CC[C@@H](C)CC/C=C(\C)CCC=C(C)C. The molecule has 2 nitrogen and oxygen atoms in total. The molecular weight excluding hydrogens is 524 g/mol. The van der Waals surface area contributed by atoms with E-state index >= 15 is 0 Å². The van der Waals surface area contributed by atoms with Crippen molar-refractivity contribution in [3.05, 3.63) is 69.9 Å². The maximum absolute atomic E-state index is 12.2. The molecule has 0 aliphatic carbocycles. The third kappa shape index (κ3) is 24.1. The minimum atomic E-state index is -0.698. The summed E-state index contributed by atoms with van der Waals surface area (Å²) < 4.78 is 5.28. The van der Waals surface area contributed by atoms with Gasteiger partial charge in [-0.1, -0.05) is 76.8 Å². The van der Waals surface area contributed by atoms with Crippen LogP contribution in [0, 0.1) is 5.92 Å². The molecule has 0 aliphatic heterocycles. The van der Waals surface area contributed by atoms with E-state index in [2.05, 4.69) is 91.8 Å². The van der Waals surface area contributed by atoms with Crippen molar-refractivity contribution in [1.29, 1.82) is 0 Å². The van der Waals surface area contributed by atoms with Crippen LogP contribution in [0.1, 0.15) is 166 Å². The summed E-state index contributed by atoms with van der Waals surface area (Å²) in [6, 6.07) is 0. The first-order valence-corrected chi connectivity index (χ1v) is 17.3. The zero-order valence-electron chi connectivity index (χ0n) is 30.5. The molecule has 0 spiro atoms. The van der Waals surface area contributed by atoms with E-state index < -0.39 is 5.60 Å². The highest BCUT2D eigenvalue weighted by molar-refractivity contribution is 5.87. The fourth-order valence-corrected chi connectivity index (χ4v) is 5.00. The van der Waals surface area contributed by atoms with Gasteiger partial charge in [-0.2, -0.15) is 0 Å². The lowest BCUT2D eigenvalue weighted by molar-refractivity contribution is -0.136. The van der Waals surface area contributed by atoms with Crippen LogP contribution < -0.4 is 0 Å². The molecule has 0 rings (SSSR count). The van der Waals surface area contributed by atoms with Crippen molar-refractivity contribution >= 4 is 5.78 Å². The van der Waals surface area contributed by atoms with E-state index in [0.717, 1.165) is 31.6 Å². The average Bonchev–Trinajstić information content (AvgIpc) is 2.93. The van der Waals surface area contributed by atoms with Crippen molar-refractivity contribution in [3.8, 4) is 0 Å². The fraction of sp³-hybridized carbons (Fsp3) is 0.683. The molecule has 0 aromatic heterocycles. The fourth-order valence-electron chi connectivity index (χ4n) is 5.00. The van der Waals surface area contributed by atoms with Crippen LogP contribution >= 0.6 is 0 Å². The summed E-state index contributed by atoms with van der Waals surface area (Å²) in [7, 11) is 1.59. The number of ether oxygens (including phenoxy) is 1. The largest absolute Gasteiger partial charge is 0.371 e. The summed E-state index contributed by atoms with van der Waals surface area (Å²) in [5, 5.41) is 0. The maximum Gasteiger partial charge on any atom is 0.167 e. The number of allylic oxidation sites excluding steroid dienone is 12. The van der Waals surface area contributed by atoms with Gasteiger partial charge in [-0.15, -0.1) is 0 Å². The van der Waals surface area contributed by atoms with E-state index in [-0.39, 0.29) is 5.78 Å². The summed E-state index contributed by atoms with van der Waals surface area (Å²) in [6.07, 6.45) is 31.4. The number of ketones is 1. The van der Waals surface area contributed by atoms with Crippen LogP contribution in [0.15, 0.2) is 69.9 Å². The maximum atomic E-state index is 12.2. The van der Waals surface area contributed by atoms with Gasteiger partial charge in [0.25, 0.3) is 0 Å². The van der Waals surface area contributed by atoms with Gasteiger partial charge >= 0.3 is 0 Å². The van der Waals surface area contributed by atoms with Crippen LogP contribution in [0.2, 0.25) is 0 Å². The number of carbonyl (C=O) groups is 1. The van der Waals surface area contributed by atoms with Gasteiger partial charge in [0.2, 0.25) is 0 Å². The number of hydrogen-bond acceptors (Lipinski definition) is 2. The normalized spacial score (nSPS) is 14.7. The van der Waals surface area contributed by atoms with Crippen LogP contribution in [0.25, 0.3) is 0 Å². The lowest BCUT2D eigenvalue weighted by Gasteiger charge is -2.20. The molecular formula is C41H70O2. The highest BCUT2D eigenvalue weighted by Gasteiger charge is 2.25. The van der Waals surface area contributed by atoms with Gasteiger partial charge in [0.15, 0.2) is 5.78 Å². The molecule has 0 aromatic carbocycles. The van der Waals surface area contributed by atoms with E-state index in [9.17, 15) is 4.79 Å². The lowest BCUT2D eigenvalue weighted by atomic mass is 9.97. The predicted octanol–water partition coefficient (Wildman–Crippen LogP) is 13.2. The quantitative estimate of drug-likeness (QED) is 0.0820. The van der Waals surface area contributed by atoms with Crippen molar-refractivity contribution in [1.82, 2.24) is 0 Å². The van der Waals surface area contributed by atoms with Crippen LogP contribution in [0.3, 0.4) is 0 Å². The molecule has 0 bridgehead atoms. The topological polar surface area (TPSA) is 26.3 Å². The monoisotopic (exact) mass is 595 g/mol. The number of rotatable bonds is 24. The smallest absolute Gasteiger partial charge is 0.167 e. The van der Waals surface area contributed by atoms with Crippen LogP contribution in [0.4, 0.5) is 0 Å². The Morgan fingerprint density at radius 2 is 0.953 bits per heavy atom. The molecule has 0 fully saturated rings. The molecule has 0 amide bonds. The van der Waals surface area contributed by atoms with E-state index in [1.54, 1.807) is 18.3 Å². The molecule has 0 aliphatic rings. The van der Waals surface area contributed by atoms with E-state index in [0.29, 0.717) is 6.42 Å². The number of hydrogen-bond donors (Lipinski definition) is 0. The standard InChI is InChI=1S/C41H70O2/c1-33(2)19-14-22-36(5)25-17-28-37(6)26-15-23-34(3)20-12-13-21-35(4)24-16-27-38(7)29-18-30-39(8)31-32-40(42)41(9,10)43-11/h19,23-25,29,31,37H,12-18,20-22,26-28,30,32H2,1-11H3/b34-23+,35-24+,36-25+,38-29+,39-31+/t37-/m1/s1. The molecule has 246 valence electrons. The third-order valence-corrected chi connectivity index (χ3v) is 8.67. The molecule has 0 radical (unpaired) electrons. The lowest BCUT2D eigenvalue weighted by Crippen LogP contribution is -2.33. The van der Waals surface area contributed by atoms with Gasteiger partial charge in [-0.3, -0.25) is 4.79 Å². The Bertz CT molecular complexity index is 960. The minimum Gasteiger partial charge on any atom is -0.371 e. The highest BCUT2D eigenvalue weighted by Crippen LogP contribution is 2.19. The molecule has 0 saturated carbocycles. The third-order valence-electron chi connectivity index (χ3n) is 8.67. The van der Waals surface area contributed by atoms with Gasteiger partial charge in [-0.25, -0.2) is 0 Å². The molecule has 0 saturated heterocycles. The van der Waals surface area contributed by atoms with Gasteiger partial charge < -0.3 is 4.74 Å².